The Morgan fingerprint density at radius 1 is 1.53 bits per heavy atom. The fourth-order valence-electron chi connectivity index (χ4n) is 2.17. The second-order valence-corrected chi connectivity index (χ2v) is 4.69. The minimum absolute atomic E-state index is 0.0541. The van der Waals surface area contributed by atoms with Crippen LogP contribution in [0, 0.1) is 0 Å². The van der Waals surface area contributed by atoms with Crippen LogP contribution in [0.5, 0.6) is 5.75 Å². The number of piperidine rings is 1. The van der Waals surface area contributed by atoms with Gasteiger partial charge in [-0.25, -0.2) is 0 Å². The number of aliphatic hydroxyl groups is 1. The van der Waals surface area contributed by atoms with Gasteiger partial charge in [0.15, 0.2) is 0 Å². The number of aliphatic hydroxyl groups excluding tert-OH is 1. The van der Waals surface area contributed by atoms with E-state index in [1.165, 1.54) is 0 Å². The highest BCUT2D eigenvalue weighted by Crippen LogP contribution is 2.14. The van der Waals surface area contributed by atoms with Crippen LogP contribution in [0.1, 0.15) is 18.4 Å². The fourth-order valence-corrected chi connectivity index (χ4v) is 2.17. The first-order valence-electron chi connectivity index (χ1n) is 6.48. The third-order valence-corrected chi connectivity index (χ3v) is 3.22. The van der Waals surface area contributed by atoms with E-state index in [0.29, 0.717) is 6.54 Å². The number of nitrogens with zero attached hydrogens (tertiary/aromatic N) is 1. The second kappa shape index (κ2) is 6.38. The van der Waals surface area contributed by atoms with E-state index in [0.717, 1.165) is 30.7 Å². The van der Waals surface area contributed by atoms with E-state index in [4.69, 9.17) is 4.74 Å². The number of β-amino-alcohol motifs (C(OH)–C–C–N with tert-alkyl or cyclic N) is 1. The molecule has 1 fully saturated rings. The van der Waals surface area contributed by atoms with Crippen LogP contribution in [0.2, 0.25) is 0 Å². The molecule has 1 N–H and O–H groups in total. The molecule has 1 aromatic rings. The van der Waals surface area contributed by atoms with Gasteiger partial charge in [-0.3, -0.25) is 4.79 Å². The zero-order valence-corrected chi connectivity index (χ0v) is 11.1. The Hall–Kier alpha value is -1.81. The highest BCUT2D eigenvalue weighted by molar-refractivity contribution is 5.91. The van der Waals surface area contributed by atoms with E-state index in [2.05, 4.69) is 0 Å². The lowest BCUT2D eigenvalue weighted by molar-refractivity contribution is -0.128. The van der Waals surface area contributed by atoms with Crippen molar-refractivity contribution in [1.82, 2.24) is 4.90 Å². The lowest BCUT2D eigenvalue weighted by atomic mass is 10.1. The number of benzene rings is 1. The van der Waals surface area contributed by atoms with Gasteiger partial charge in [0, 0.05) is 19.2 Å². The van der Waals surface area contributed by atoms with Crippen molar-refractivity contribution in [2.45, 2.75) is 18.9 Å². The number of hydrogen-bond donors (Lipinski definition) is 1. The monoisotopic (exact) mass is 261 g/mol. The SMILES string of the molecule is COc1cccc(/C=C/C(=O)N2CCCC(O)C2)c1. The average Bonchev–Trinajstić information content (AvgIpc) is 2.45. The molecule has 19 heavy (non-hydrogen) atoms. The fraction of sp³-hybridized carbons (Fsp3) is 0.400. The van der Waals surface area contributed by atoms with Gasteiger partial charge in [-0.05, 0) is 36.6 Å². The van der Waals surface area contributed by atoms with Gasteiger partial charge in [0.25, 0.3) is 0 Å². The molecular formula is C15H19NO3. The molecule has 4 nitrogen and oxygen atoms in total. The first-order valence-corrected chi connectivity index (χ1v) is 6.48. The number of hydrogen-bond acceptors (Lipinski definition) is 3. The minimum atomic E-state index is -0.386. The molecule has 1 heterocycles. The highest BCUT2D eigenvalue weighted by Gasteiger charge is 2.20. The van der Waals surface area contributed by atoms with Gasteiger partial charge in [0.1, 0.15) is 5.75 Å². The first kappa shape index (κ1) is 13.6. The summed E-state index contributed by atoms with van der Waals surface area (Å²) in [7, 11) is 1.61. The van der Waals surface area contributed by atoms with E-state index < -0.39 is 0 Å². The molecule has 102 valence electrons. The van der Waals surface area contributed by atoms with Gasteiger partial charge >= 0.3 is 0 Å². The number of carbonyl (C=O) groups is 1. The van der Waals surface area contributed by atoms with E-state index >= 15 is 0 Å². The molecule has 1 amide bonds. The first-order chi connectivity index (χ1) is 9.19. The maximum atomic E-state index is 12.0. The van der Waals surface area contributed by atoms with Gasteiger partial charge in [-0.1, -0.05) is 12.1 Å². The van der Waals surface area contributed by atoms with Crippen molar-refractivity contribution in [2.75, 3.05) is 20.2 Å². The molecule has 1 saturated heterocycles. The Labute approximate surface area is 113 Å². The molecule has 0 saturated carbocycles. The third kappa shape index (κ3) is 3.83. The Morgan fingerprint density at radius 2 is 2.37 bits per heavy atom. The number of ether oxygens (including phenoxy) is 1. The largest absolute Gasteiger partial charge is 0.497 e. The maximum absolute atomic E-state index is 12.0. The molecule has 0 spiro atoms. The molecule has 1 aliphatic heterocycles. The van der Waals surface area contributed by atoms with E-state index in [1.807, 2.05) is 24.3 Å². The lowest BCUT2D eigenvalue weighted by Crippen LogP contribution is -2.41. The Morgan fingerprint density at radius 3 is 3.11 bits per heavy atom. The summed E-state index contributed by atoms with van der Waals surface area (Å²) in [6, 6.07) is 7.53. The van der Waals surface area contributed by atoms with Crippen LogP contribution in [-0.4, -0.2) is 42.2 Å². The van der Waals surface area contributed by atoms with Gasteiger partial charge in [0.2, 0.25) is 5.91 Å². The van der Waals surface area contributed by atoms with Gasteiger partial charge in [-0.2, -0.15) is 0 Å². The maximum Gasteiger partial charge on any atom is 0.246 e. The summed E-state index contributed by atoms with van der Waals surface area (Å²) in [6.07, 6.45) is 4.57. The summed E-state index contributed by atoms with van der Waals surface area (Å²) in [6.45, 7) is 1.15. The quantitative estimate of drug-likeness (QED) is 0.842. The molecule has 1 aliphatic rings. The van der Waals surface area contributed by atoms with Crippen molar-refractivity contribution < 1.29 is 14.6 Å². The van der Waals surface area contributed by atoms with Crippen molar-refractivity contribution in [3.05, 3.63) is 35.9 Å². The molecule has 2 rings (SSSR count). The van der Waals surface area contributed by atoms with E-state index in [-0.39, 0.29) is 12.0 Å². The summed E-state index contributed by atoms with van der Waals surface area (Å²) in [5.41, 5.74) is 0.922. The summed E-state index contributed by atoms with van der Waals surface area (Å²) in [5, 5.41) is 9.55. The Kier molecular flexibility index (Phi) is 4.58. The average molecular weight is 261 g/mol. The summed E-state index contributed by atoms with van der Waals surface area (Å²) in [5.74, 6) is 0.713. The van der Waals surface area contributed by atoms with Gasteiger partial charge in [0.05, 0.1) is 13.2 Å². The second-order valence-electron chi connectivity index (χ2n) is 4.69. The molecule has 0 aliphatic carbocycles. The van der Waals surface area contributed by atoms with Crippen molar-refractivity contribution in [3.8, 4) is 5.75 Å². The zero-order valence-electron chi connectivity index (χ0n) is 11.1. The standard InChI is InChI=1S/C15H19NO3/c1-19-14-6-2-4-12(10-14)7-8-15(18)16-9-3-5-13(17)11-16/h2,4,6-8,10,13,17H,3,5,9,11H2,1H3/b8-7+. The van der Waals surface area contributed by atoms with Crippen LogP contribution < -0.4 is 4.74 Å². The number of likely N-dealkylation sites (tertiary alicyclic amines) is 1. The third-order valence-electron chi connectivity index (χ3n) is 3.22. The number of rotatable bonds is 3. The van der Waals surface area contributed by atoms with Crippen molar-refractivity contribution >= 4 is 12.0 Å². The number of amides is 1. The number of methoxy groups -OCH3 is 1. The van der Waals surface area contributed by atoms with Crippen molar-refractivity contribution in [2.24, 2.45) is 0 Å². The van der Waals surface area contributed by atoms with Crippen LogP contribution in [0.3, 0.4) is 0 Å². The molecule has 0 aromatic heterocycles. The highest BCUT2D eigenvalue weighted by atomic mass is 16.5. The smallest absolute Gasteiger partial charge is 0.246 e. The topological polar surface area (TPSA) is 49.8 Å². The summed E-state index contributed by atoms with van der Waals surface area (Å²) < 4.78 is 5.13. The summed E-state index contributed by atoms with van der Waals surface area (Å²) in [4.78, 5) is 13.7. The van der Waals surface area contributed by atoms with Gasteiger partial charge in [-0.15, -0.1) is 0 Å². The molecule has 1 unspecified atom stereocenters. The van der Waals surface area contributed by atoms with E-state index in [1.54, 1.807) is 24.2 Å². The lowest BCUT2D eigenvalue weighted by Gasteiger charge is -2.29. The Balaban J connectivity index is 1.99. The summed E-state index contributed by atoms with van der Waals surface area (Å²) >= 11 is 0. The molecule has 0 bridgehead atoms. The predicted octanol–water partition coefficient (Wildman–Crippen LogP) is 1.69. The van der Waals surface area contributed by atoms with Crippen LogP contribution in [0.25, 0.3) is 6.08 Å². The van der Waals surface area contributed by atoms with Gasteiger partial charge < -0.3 is 14.7 Å². The molecule has 1 atom stereocenters. The van der Waals surface area contributed by atoms with Crippen LogP contribution >= 0.6 is 0 Å². The molecule has 0 radical (unpaired) electrons. The predicted molar refractivity (Wildman–Crippen MR) is 73.8 cm³/mol. The van der Waals surface area contributed by atoms with Crippen LogP contribution in [0.4, 0.5) is 0 Å². The van der Waals surface area contributed by atoms with Crippen LogP contribution in [-0.2, 0) is 4.79 Å². The minimum Gasteiger partial charge on any atom is -0.497 e. The van der Waals surface area contributed by atoms with Crippen molar-refractivity contribution in [3.63, 3.8) is 0 Å². The molecule has 4 heteroatoms. The normalized spacial score (nSPS) is 19.7. The number of carbonyl (C=O) groups excluding carboxylic acids is 1. The molecule has 1 aromatic carbocycles. The molecular weight excluding hydrogens is 242 g/mol. The van der Waals surface area contributed by atoms with Crippen LogP contribution in [0.15, 0.2) is 30.3 Å². The Bertz CT molecular complexity index is 470. The van der Waals surface area contributed by atoms with E-state index in [9.17, 15) is 9.90 Å². The van der Waals surface area contributed by atoms with Crippen molar-refractivity contribution in [1.29, 1.82) is 0 Å². The zero-order chi connectivity index (χ0) is 13.7.